The number of carbonyl (C=O) groups excluding carboxylic acids is 1. The summed E-state index contributed by atoms with van der Waals surface area (Å²) in [6.45, 7) is 8.23. The number of hydrogen-bond donors (Lipinski definition) is 0. The van der Waals surface area contributed by atoms with E-state index in [4.69, 9.17) is 14.1 Å². The van der Waals surface area contributed by atoms with Crippen molar-refractivity contribution in [1.82, 2.24) is 4.57 Å². The highest BCUT2D eigenvalue weighted by atomic mass is 32.1. The van der Waals surface area contributed by atoms with Crippen molar-refractivity contribution in [2.75, 3.05) is 24.6 Å². The first kappa shape index (κ1) is 28.0. The van der Waals surface area contributed by atoms with Gasteiger partial charge in [0.1, 0.15) is 5.76 Å². The Kier molecular flexibility index (Phi) is 7.98. The second kappa shape index (κ2) is 12.0. The van der Waals surface area contributed by atoms with Crippen molar-refractivity contribution in [3.8, 4) is 0 Å². The molecule has 1 saturated heterocycles. The number of ether oxygens (including phenoxy) is 1. The number of carbonyl (C=O) groups is 1. The molecule has 6 rings (SSSR count). The van der Waals surface area contributed by atoms with Crippen molar-refractivity contribution in [2.24, 2.45) is 4.99 Å². The molecule has 1 fully saturated rings. The van der Waals surface area contributed by atoms with Crippen LogP contribution in [0.1, 0.15) is 74.4 Å². The summed E-state index contributed by atoms with van der Waals surface area (Å²) in [7, 11) is 0. The van der Waals surface area contributed by atoms with Gasteiger partial charge in [0.05, 0.1) is 28.5 Å². The third kappa shape index (κ3) is 5.39. The van der Waals surface area contributed by atoms with E-state index in [1.54, 1.807) is 17.6 Å². The van der Waals surface area contributed by atoms with Crippen molar-refractivity contribution < 1.29 is 13.9 Å². The lowest BCUT2D eigenvalue weighted by molar-refractivity contribution is -0.138. The minimum Gasteiger partial charge on any atom is -0.463 e. The second-order valence-corrected chi connectivity index (χ2v) is 12.0. The quantitative estimate of drug-likeness (QED) is 0.264. The fourth-order valence-electron chi connectivity index (χ4n) is 5.65. The molecule has 0 spiro atoms. The number of nitrogens with zero attached hydrogens (tertiary/aromatic N) is 3. The van der Waals surface area contributed by atoms with Crippen LogP contribution in [0.15, 0.2) is 86.5 Å². The maximum atomic E-state index is 14.1. The normalized spacial score (nSPS) is 17.4. The molecule has 2 aliphatic rings. The summed E-state index contributed by atoms with van der Waals surface area (Å²) in [5, 5.41) is 0. The molecule has 216 valence electrons. The molecule has 2 aromatic carbocycles. The Morgan fingerprint density at radius 2 is 1.79 bits per heavy atom. The van der Waals surface area contributed by atoms with Gasteiger partial charge in [-0.3, -0.25) is 9.36 Å². The highest BCUT2D eigenvalue weighted by molar-refractivity contribution is 7.07. The summed E-state index contributed by atoms with van der Waals surface area (Å²) in [4.78, 5) is 35.4. The van der Waals surface area contributed by atoms with E-state index in [0.717, 1.165) is 42.9 Å². The first-order valence-electron chi connectivity index (χ1n) is 14.7. The van der Waals surface area contributed by atoms with Gasteiger partial charge in [-0.05, 0) is 49.3 Å². The lowest BCUT2D eigenvalue weighted by atomic mass is 9.91. The van der Waals surface area contributed by atoms with Gasteiger partial charge in [0.15, 0.2) is 10.7 Å². The minimum atomic E-state index is -0.695. The average Bonchev–Trinajstić information content (AvgIpc) is 3.61. The molecule has 0 bridgehead atoms. The van der Waals surface area contributed by atoms with Gasteiger partial charge in [-0.15, -0.1) is 0 Å². The lowest BCUT2D eigenvalue weighted by Gasteiger charge is -2.26. The number of anilines is 1. The first-order valence-corrected chi connectivity index (χ1v) is 15.5. The Hall–Kier alpha value is -4.17. The summed E-state index contributed by atoms with van der Waals surface area (Å²) in [5.41, 5.74) is 3.44. The monoisotopic (exact) mass is 581 g/mol. The van der Waals surface area contributed by atoms with E-state index in [9.17, 15) is 9.59 Å². The largest absolute Gasteiger partial charge is 0.463 e. The highest BCUT2D eigenvalue weighted by Crippen LogP contribution is 2.35. The summed E-state index contributed by atoms with van der Waals surface area (Å²) in [5.74, 6) is 1.31. The third-order valence-electron chi connectivity index (χ3n) is 7.85. The number of thiazole rings is 1. The van der Waals surface area contributed by atoms with Crippen LogP contribution in [0.5, 0.6) is 0 Å². The molecular formula is C34H35N3O4S. The molecule has 0 N–H and O–H groups in total. The molecular weight excluding hydrogens is 546 g/mol. The van der Waals surface area contributed by atoms with Gasteiger partial charge in [0.25, 0.3) is 5.56 Å². The fraction of sp³-hybridized carbons (Fsp3) is 0.324. The van der Waals surface area contributed by atoms with Crippen LogP contribution in [0.4, 0.5) is 5.88 Å². The number of esters is 1. The van der Waals surface area contributed by atoms with Crippen LogP contribution in [0.2, 0.25) is 0 Å². The Morgan fingerprint density at radius 3 is 2.48 bits per heavy atom. The SMILES string of the molecule is CCOC(=O)C1=C(c2ccccc2)N=c2s/c(=C\c3ccc(N4CCCCC4)o3)c(=O)n2[C@@H]1c1ccc(C(C)C)cc1. The first-order chi connectivity index (χ1) is 20.4. The summed E-state index contributed by atoms with van der Waals surface area (Å²) in [6.07, 6.45) is 5.33. The third-order valence-corrected chi connectivity index (χ3v) is 8.83. The van der Waals surface area contributed by atoms with E-state index in [1.807, 2.05) is 54.6 Å². The Bertz CT molecular complexity index is 1790. The standard InChI is InChI=1S/C34H35N3O4S/c1-4-40-33(39)29-30(24-11-7-5-8-12-24)35-34-37(31(29)25-15-13-23(14-16-25)22(2)3)32(38)27(42-34)21-26-17-18-28(41-26)36-19-9-6-10-20-36/h5,7-8,11-18,21-22,31H,4,6,9-10,19-20H2,1-3H3/b27-21-/t31-/m1/s1. The van der Waals surface area contributed by atoms with Gasteiger partial charge < -0.3 is 14.1 Å². The molecule has 0 saturated carbocycles. The second-order valence-electron chi connectivity index (χ2n) is 11.0. The van der Waals surface area contributed by atoms with Crippen molar-refractivity contribution in [3.63, 3.8) is 0 Å². The Morgan fingerprint density at radius 1 is 1.05 bits per heavy atom. The van der Waals surface area contributed by atoms with Crippen LogP contribution >= 0.6 is 11.3 Å². The summed E-state index contributed by atoms with van der Waals surface area (Å²) >= 11 is 1.30. The molecule has 42 heavy (non-hydrogen) atoms. The maximum absolute atomic E-state index is 14.1. The Balaban J connectivity index is 1.54. The highest BCUT2D eigenvalue weighted by Gasteiger charge is 2.35. The molecule has 1 atom stereocenters. The van der Waals surface area contributed by atoms with E-state index in [-0.39, 0.29) is 12.2 Å². The molecule has 4 aromatic rings. The van der Waals surface area contributed by atoms with Crippen molar-refractivity contribution in [3.05, 3.63) is 114 Å². The average molecular weight is 582 g/mol. The summed E-state index contributed by atoms with van der Waals surface area (Å²) in [6, 6.07) is 20.9. The van der Waals surface area contributed by atoms with Gasteiger partial charge in [0.2, 0.25) is 0 Å². The summed E-state index contributed by atoms with van der Waals surface area (Å²) < 4.78 is 13.9. The van der Waals surface area contributed by atoms with Crippen molar-refractivity contribution in [1.29, 1.82) is 0 Å². The van der Waals surface area contributed by atoms with Crippen LogP contribution in [0.3, 0.4) is 0 Å². The predicted octanol–water partition coefficient (Wildman–Crippen LogP) is 5.64. The smallest absolute Gasteiger partial charge is 0.338 e. The zero-order valence-corrected chi connectivity index (χ0v) is 25.0. The predicted molar refractivity (Wildman–Crippen MR) is 166 cm³/mol. The number of benzene rings is 2. The molecule has 0 unspecified atom stereocenters. The van der Waals surface area contributed by atoms with E-state index < -0.39 is 12.0 Å². The van der Waals surface area contributed by atoms with Gasteiger partial charge >= 0.3 is 5.97 Å². The van der Waals surface area contributed by atoms with E-state index in [0.29, 0.717) is 32.3 Å². The minimum absolute atomic E-state index is 0.214. The maximum Gasteiger partial charge on any atom is 0.338 e. The molecule has 2 aromatic heterocycles. The van der Waals surface area contributed by atoms with E-state index in [1.165, 1.54) is 23.3 Å². The van der Waals surface area contributed by atoms with Crippen LogP contribution in [0.25, 0.3) is 11.8 Å². The molecule has 8 heteroatoms. The fourth-order valence-corrected chi connectivity index (χ4v) is 6.63. The van der Waals surface area contributed by atoms with Crippen LogP contribution in [-0.4, -0.2) is 30.2 Å². The number of rotatable bonds is 7. The number of furan rings is 1. The van der Waals surface area contributed by atoms with E-state index in [2.05, 4.69) is 30.9 Å². The van der Waals surface area contributed by atoms with Gasteiger partial charge in [-0.1, -0.05) is 79.8 Å². The van der Waals surface area contributed by atoms with Crippen LogP contribution in [-0.2, 0) is 9.53 Å². The van der Waals surface area contributed by atoms with Gasteiger partial charge in [-0.25, -0.2) is 9.79 Å². The zero-order chi connectivity index (χ0) is 29.2. The Labute approximate surface area is 249 Å². The topological polar surface area (TPSA) is 77.0 Å². The van der Waals surface area contributed by atoms with Gasteiger partial charge in [-0.2, -0.15) is 0 Å². The molecule has 7 nitrogen and oxygen atoms in total. The number of hydrogen-bond acceptors (Lipinski definition) is 7. The molecule has 0 amide bonds. The molecule has 0 radical (unpaired) electrons. The number of piperidine rings is 1. The van der Waals surface area contributed by atoms with Crippen LogP contribution < -0.4 is 19.8 Å². The van der Waals surface area contributed by atoms with E-state index >= 15 is 0 Å². The lowest BCUT2D eigenvalue weighted by Crippen LogP contribution is -2.40. The molecule has 0 aliphatic carbocycles. The van der Waals surface area contributed by atoms with Gasteiger partial charge in [0, 0.05) is 30.8 Å². The number of fused-ring (bicyclic) bond motifs is 1. The zero-order valence-electron chi connectivity index (χ0n) is 24.2. The number of aromatic nitrogens is 1. The van der Waals surface area contributed by atoms with Crippen molar-refractivity contribution >= 4 is 35.0 Å². The molecule has 2 aliphatic heterocycles. The van der Waals surface area contributed by atoms with Crippen molar-refractivity contribution in [2.45, 2.75) is 52.0 Å². The van der Waals surface area contributed by atoms with Crippen LogP contribution in [0, 0.1) is 0 Å². The molecule has 4 heterocycles.